The summed E-state index contributed by atoms with van der Waals surface area (Å²) in [6, 6.07) is 39.9. The molecule has 15 rings (SSSR count). The summed E-state index contributed by atoms with van der Waals surface area (Å²) in [6.07, 6.45) is 45.9. The van der Waals surface area contributed by atoms with Gasteiger partial charge in [0.15, 0.2) is 53.8 Å². The molecular weight excluding hydrogens is 1830 g/mol. The van der Waals surface area contributed by atoms with E-state index in [4.69, 9.17) is 34.0 Å². The Morgan fingerprint density at radius 3 is 0.776 bits per heavy atom. The average Bonchev–Trinajstić information content (AvgIpc) is 1.72. The van der Waals surface area contributed by atoms with E-state index in [0.29, 0.717) is 5.69 Å². The zero-order valence-electron chi connectivity index (χ0n) is 59.3. The Morgan fingerprint density at radius 2 is 0.636 bits per heavy atom. The Bertz CT molecular complexity index is 3990. The molecule has 0 aliphatic carbocycles. The number of imidazole rings is 8. The molecule has 0 amide bonds. The molecule has 107 heavy (non-hydrogen) atoms. The van der Waals surface area contributed by atoms with Crippen LogP contribution in [0.15, 0.2) is 283 Å². The van der Waals surface area contributed by atoms with E-state index in [-0.39, 0.29) is 55.6 Å². The van der Waals surface area contributed by atoms with Gasteiger partial charge in [-0.25, -0.2) is 39.9 Å². The van der Waals surface area contributed by atoms with Gasteiger partial charge in [-0.1, -0.05) is 42.5 Å². The second-order valence-corrected chi connectivity index (χ2v) is 23.2. The van der Waals surface area contributed by atoms with Gasteiger partial charge in [-0.05, 0) is 91.9 Å². The molecule has 0 fully saturated rings. The first-order valence-electron chi connectivity index (χ1n) is 30.3. The van der Waals surface area contributed by atoms with Gasteiger partial charge in [-0.15, -0.1) is 0 Å². The summed E-state index contributed by atoms with van der Waals surface area (Å²) in [6.45, 7) is 1.93. The number of carbonyl (C=O) groups is 3. The maximum Gasteiger partial charge on any atom is 0.155 e. The smallest absolute Gasteiger partial charge is 0.155 e. The molecule has 569 valence electrons. The molecule has 0 saturated carbocycles. The maximum absolute atomic E-state index is 9.94. The van der Waals surface area contributed by atoms with E-state index in [1.807, 2.05) is 234 Å². The summed E-state index contributed by atoms with van der Waals surface area (Å²) in [7, 11) is 28.1. The molecule has 0 atom stereocenters. The molecule has 15 aromatic heterocycles. The van der Waals surface area contributed by atoms with Crippen LogP contribution in [-0.2, 0) is 91.9 Å². The molecule has 29 nitrogen and oxygen atoms in total. The minimum atomic E-state index is -0.639. The van der Waals surface area contributed by atoms with Gasteiger partial charge in [0.2, 0.25) is 0 Å². The first kappa shape index (κ1) is 98.4. The molecule has 0 radical (unpaired) electrons. The number of halogens is 5. The van der Waals surface area contributed by atoms with Crippen molar-refractivity contribution in [1.82, 2.24) is 118 Å². The molecule has 0 saturated heterocycles. The number of aldehydes is 3. The van der Waals surface area contributed by atoms with Gasteiger partial charge in [0, 0.05) is 198 Å². The Labute approximate surface area is 663 Å². The maximum atomic E-state index is 9.94. The molecule has 0 bridgehead atoms. The van der Waals surface area contributed by atoms with Gasteiger partial charge in [-0.3, -0.25) is 49.3 Å². The van der Waals surface area contributed by atoms with Crippen molar-refractivity contribution < 1.29 is 82.8 Å². The summed E-state index contributed by atoms with van der Waals surface area (Å²) in [4.78, 5) is 92.0. The quantitative estimate of drug-likeness (QED) is 0.126. The zero-order valence-corrected chi connectivity index (χ0v) is 68.2. The van der Waals surface area contributed by atoms with Crippen molar-refractivity contribution in [3.8, 4) is 69.1 Å². The molecule has 15 aromatic rings. The summed E-state index contributed by atoms with van der Waals surface area (Å²) in [5, 5.41) is 7.57. The van der Waals surface area contributed by atoms with E-state index in [2.05, 4.69) is 89.4 Å². The Morgan fingerprint density at radius 1 is 0.383 bits per heavy atom. The minimum Gasteiger partial charge on any atom is -0.343 e. The van der Waals surface area contributed by atoms with Crippen LogP contribution < -0.4 is 31.0 Å². The number of carbonyl (C=O) groups excluding carboxylic acids is 3. The van der Waals surface area contributed by atoms with E-state index in [1.165, 1.54) is 17.6 Å². The molecule has 0 aliphatic rings. The normalized spacial score (nSPS) is 8.91. The fraction of sp³-hybridized carbons (Fsp3) is 0.127. The SMILES string of the molecule is CCO.Cn1ccnc1.Cn1ccnc1.Cn1ccnc1-c1ccccn1.Cn1ccnc1-c1ccccn1.Cn1ccnc1-c1ccccn1.Cn1ccnc1-c1ccccn1.Cn1ccnc1-c1ccccn1.N.O.O=CC=O.O=Cc1ccccn1.[Cl-].[Cl-].[Cl][Os].[Cl][Os][Cl].c1ccc(-c2ncc[nH]2)nc1. The number of rotatable bonds is 8. The molecule has 0 aliphatic heterocycles. The number of H-pyrrole nitrogens is 1. The predicted molar refractivity (Wildman–Crippen MR) is 401 cm³/mol. The number of hydrogen-bond acceptors (Lipinski definition) is 20. The van der Waals surface area contributed by atoms with E-state index >= 15 is 0 Å². The molecule has 0 aromatic carbocycles. The van der Waals surface area contributed by atoms with Crippen LogP contribution in [0.2, 0.25) is 0 Å². The van der Waals surface area contributed by atoms with Crippen LogP contribution >= 0.6 is 28.9 Å². The number of aryl methyl sites for hydroxylation is 7. The van der Waals surface area contributed by atoms with Crippen molar-refractivity contribution >= 4 is 47.8 Å². The number of nitrogens with zero attached hydrogens (tertiary/aromatic N) is 22. The standard InChI is InChI=1S/5C9H9N3.C8H7N3.C6H5NO.2C4H6N2.C2H2O2.C2H6O.5ClH.H3N.H2O.2Os/c5*1-12-7-6-11-9(12)8-4-2-3-5-10-8;1-2-4-9-7(3-1)8-10-5-6-11-8;8-5-6-3-1-2-4-7-6;2*1-6-3-2-5-4-6;3-1-2-4;1-2-3;;;;;;;;;/h5*2-7H,1H3;1-6H,(H,10,11);1-5H;2*2-4H,1H3;1-2H;3H,2H2,1H3;5*1H;1H3;1H2;;/q;;;;;;;;;;;;;;;;;;+1;+2/p-5. The van der Waals surface area contributed by atoms with Crippen LogP contribution in [0.1, 0.15) is 17.4 Å². The van der Waals surface area contributed by atoms with Crippen molar-refractivity contribution in [3.05, 3.63) is 288 Å². The van der Waals surface area contributed by atoms with Crippen LogP contribution in [0.25, 0.3) is 69.1 Å². The van der Waals surface area contributed by atoms with E-state index < -0.39 is 15.4 Å². The fourth-order valence-electron chi connectivity index (χ4n) is 7.54. The Hall–Kier alpha value is -10.7. The number of aliphatic hydroxyl groups is 1. The summed E-state index contributed by atoms with van der Waals surface area (Å²) < 4.78 is 13.5. The Balaban J connectivity index is 0. The fourth-order valence-corrected chi connectivity index (χ4v) is 7.54. The van der Waals surface area contributed by atoms with Gasteiger partial charge < -0.3 is 78.5 Å². The molecule has 7 N–H and O–H groups in total. The number of aromatic amines is 1. The van der Waals surface area contributed by atoms with E-state index in [9.17, 15) is 4.79 Å². The summed E-state index contributed by atoms with van der Waals surface area (Å²) in [5.41, 5.74) is 5.89. The largest absolute Gasteiger partial charge is 0.343 e. The van der Waals surface area contributed by atoms with Gasteiger partial charge in [-0.2, -0.15) is 0 Å². The van der Waals surface area contributed by atoms with Gasteiger partial charge in [0.05, 0.1) is 12.7 Å². The minimum absolute atomic E-state index is 0. The number of aromatic nitrogens is 23. The second-order valence-electron chi connectivity index (χ2n) is 19.5. The van der Waals surface area contributed by atoms with Crippen molar-refractivity contribution in [3.63, 3.8) is 0 Å². The van der Waals surface area contributed by atoms with Gasteiger partial charge >= 0.3 is 61.9 Å². The molecule has 36 heteroatoms. The van der Waals surface area contributed by atoms with E-state index in [0.717, 1.165) is 75.4 Å². The Kier molecular flexibility index (Phi) is 57.7. The third kappa shape index (κ3) is 40.4. The summed E-state index contributed by atoms with van der Waals surface area (Å²) >= 11 is 0.694. The summed E-state index contributed by atoms with van der Waals surface area (Å²) in [5.74, 6) is 5.30. The first-order chi connectivity index (χ1) is 50.3. The third-order valence-corrected chi connectivity index (χ3v) is 12.1. The van der Waals surface area contributed by atoms with Crippen molar-refractivity contribution in [1.29, 1.82) is 0 Å². The van der Waals surface area contributed by atoms with Crippen LogP contribution in [0.4, 0.5) is 0 Å². The number of nitrogens with one attached hydrogen (secondary N) is 1. The first-order valence-corrected chi connectivity index (χ1v) is 39.8. The molecule has 0 spiro atoms. The zero-order chi connectivity index (χ0) is 74.9. The monoisotopic (exact) mass is 1910 g/mol. The molecule has 0 unspecified atom stereocenters. The van der Waals surface area contributed by atoms with Crippen molar-refractivity contribution in [2.24, 2.45) is 49.3 Å². The van der Waals surface area contributed by atoms with Crippen molar-refractivity contribution in [2.75, 3.05) is 6.61 Å². The second kappa shape index (κ2) is 62.7. The number of hydrogen-bond donors (Lipinski definition) is 3. The average molecular weight is 1910 g/mol. The van der Waals surface area contributed by atoms with Crippen LogP contribution in [0.5, 0.6) is 0 Å². The third-order valence-electron chi connectivity index (χ3n) is 12.1. The van der Waals surface area contributed by atoms with E-state index in [1.54, 1.807) is 137 Å². The van der Waals surface area contributed by atoms with Gasteiger partial charge in [0.1, 0.15) is 39.9 Å². The van der Waals surface area contributed by atoms with Crippen LogP contribution in [-0.4, -0.2) is 148 Å². The topological polar surface area (TPSA) is 382 Å². The van der Waals surface area contributed by atoms with Crippen LogP contribution in [0, 0.1) is 0 Å². The molecule has 15 heterocycles. The van der Waals surface area contributed by atoms with Crippen molar-refractivity contribution in [2.45, 2.75) is 6.92 Å². The number of aliphatic hydroxyl groups excluding tert-OH is 1. The molecular formula is C71H82Cl5N24O5Os2-2. The number of pyridine rings is 7. The van der Waals surface area contributed by atoms with Gasteiger partial charge in [0.25, 0.3) is 0 Å². The predicted octanol–water partition coefficient (Wildman–Crippen LogP) is 5.41. The van der Waals surface area contributed by atoms with Crippen LogP contribution in [0.3, 0.4) is 0 Å².